The van der Waals surface area contributed by atoms with Gasteiger partial charge in [-0.05, 0) is 47.4 Å². The summed E-state index contributed by atoms with van der Waals surface area (Å²) >= 11 is 1.72. The Morgan fingerprint density at radius 1 is 1.26 bits per heavy atom. The number of furan rings is 1. The number of thiophene rings is 1. The summed E-state index contributed by atoms with van der Waals surface area (Å²) in [6.07, 6.45) is 9.10. The van der Waals surface area contributed by atoms with Gasteiger partial charge in [-0.2, -0.15) is 11.3 Å². The second-order valence-electron chi connectivity index (χ2n) is 6.03. The molecule has 0 radical (unpaired) electrons. The lowest BCUT2D eigenvalue weighted by Crippen LogP contribution is -2.44. The van der Waals surface area contributed by atoms with Crippen LogP contribution in [0.15, 0.2) is 44.6 Å². The van der Waals surface area contributed by atoms with Crippen molar-refractivity contribution in [3.8, 4) is 0 Å². The Labute approximate surface area is 142 Å². The molecular formula is C18H25N3OS. The summed E-state index contributed by atoms with van der Waals surface area (Å²) in [4.78, 5) is 4.75. The van der Waals surface area contributed by atoms with Crippen molar-refractivity contribution in [1.29, 1.82) is 0 Å². The molecule has 23 heavy (non-hydrogen) atoms. The van der Waals surface area contributed by atoms with Crippen LogP contribution in [-0.4, -0.2) is 18.5 Å². The van der Waals surface area contributed by atoms with Crippen molar-refractivity contribution in [2.75, 3.05) is 6.54 Å². The first-order valence-electron chi connectivity index (χ1n) is 8.48. The topological polar surface area (TPSA) is 49.6 Å². The molecule has 1 fully saturated rings. The molecular weight excluding hydrogens is 306 g/mol. The summed E-state index contributed by atoms with van der Waals surface area (Å²) in [5, 5.41) is 11.3. The minimum atomic E-state index is 0.557. The van der Waals surface area contributed by atoms with Crippen molar-refractivity contribution in [3.05, 3.63) is 46.5 Å². The monoisotopic (exact) mass is 331 g/mol. The second-order valence-corrected chi connectivity index (χ2v) is 6.81. The number of hydrogen-bond acceptors (Lipinski definition) is 3. The average molecular weight is 331 g/mol. The minimum Gasteiger partial charge on any atom is -0.469 e. The lowest BCUT2D eigenvalue weighted by molar-refractivity contribution is 0.409. The van der Waals surface area contributed by atoms with E-state index in [2.05, 4.69) is 27.5 Å². The molecule has 1 aliphatic carbocycles. The summed E-state index contributed by atoms with van der Waals surface area (Å²) in [6.45, 7) is 1.56. The van der Waals surface area contributed by atoms with E-state index in [9.17, 15) is 0 Å². The van der Waals surface area contributed by atoms with Gasteiger partial charge in [0.2, 0.25) is 0 Å². The molecule has 2 heterocycles. The van der Waals surface area contributed by atoms with E-state index in [0.717, 1.165) is 31.2 Å². The normalized spacial score (nSPS) is 16.4. The number of nitrogens with one attached hydrogen (secondary N) is 2. The lowest BCUT2D eigenvalue weighted by atomic mass is 9.96. The molecule has 124 valence electrons. The third-order valence-electron chi connectivity index (χ3n) is 4.19. The molecule has 2 aromatic heterocycles. The quantitative estimate of drug-likeness (QED) is 0.622. The van der Waals surface area contributed by atoms with Gasteiger partial charge in [0.1, 0.15) is 5.76 Å². The van der Waals surface area contributed by atoms with E-state index in [1.54, 1.807) is 17.6 Å². The summed E-state index contributed by atoms with van der Waals surface area (Å²) < 4.78 is 5.39. The third-order valence-corrected chi connectivity index (χ3v) is 4.92. The second kappa shape index (κ2) is 8.77. The fraction of sp³-hybridized carbons (Fsp3) is 0.500. The highest BCUT2D eigenvalue weighted by molar-refractivity contribution is 7.07. The lowest BCUT2D eigenvalue weighted by Gasteiger charge is -2.25. The summed E-state index contributed by atoms with van der Waals surface area (Å²) in [5.41, 5.74) is 1.27. The highest BCUT2D eigenvalue weighted by Gasteiger charge is 2.14. The number of hydrogen-bond donors (Lipinski definition) is 2. The van der Waals surface area contributed by atoms with Crippen molar-refractivity contribution >= 4 is 17.3 Å². The molecule has 0 aliphatic heterocycles. The van der Waals surface area contributed by atoms with Gasteiger partial charge in [0.05, 0.1) is 12.8 Å². The van der Waals surface area contributed by atoms with Crippen molar-refractivity contribution in [3.63, 3.8) is 0 Å². The Bertz CT molecular complexity index is 571. The minimum absolute atomic E-state index is 0.557. The van der Waals surface area contributed by atoms with Gasteiger partial charge < -0.3 is 15.1 Å². The van der Waals surface area contributed by atoms with Crippen LogP contribution in [0, 0.1) is 0 Å². The predicted molar refractivity (Wildman–Crippen MR) is 95.9 cm³/mol. The molecule has 0 atom stereocenters. The van der Waals surface area contributed by atoms with Crippen LogP contribution in [0.25, 0.3) is 0 Å². The van der Waals surface area contributed by atoms with Crippen molar-refractivity contribution in [2.24, 2.45) is 4.99 Å². The van der Waals surface area contributed by atoms with Gasteiger partial charge in [-0.3, -0.25) is 0 Å². The van der Waals surface area contributed by atoms with Gasteiger partial charge in [0.15, 0.2) is 5.96 Å². The van der Waals surface area contributed by atoms with Crippen LogP contribution in [0.5, 0.6) is 0 Å². The molecule has 0 amide bonds. The van der Waals surface area contributed by atoms with Crippen LogP contribution in [-0.2, 0) is 13.0 Å². The van der Waals surface area contributed by atoms with Crippen molar-refractivity contribution in [1.82, 2.24) is 10.6 Å². The molecule has 0 saturated heterocycles. The first kappa shape index (κ1) is 16.1. The maximum absolute atomic E-state index is 5.39. The molecule has 0 unspecified atom stereocenters. The smallest absolute Gasteiger partial charge is 0.191 e. The van der Waals surface area contributed by atoms with E-state index in [1.807, 2.05) is 12.1 Å². The van der Waals surface area contributed by atoms with Gasteiger partial charge in [0, 0.05) is 19.0 Å². The van der Waals surface area contributed by atoms with E-state index in [-0.39, 0.29) is 0 Å². The molecule has 1 saturated carbocycles. The van der Waals surface area contributed by atoms with E-state index in [4.69, 9.17) is 9.41 Å². The predicted octanol–water partition coefficient (Wildman–Crippen LogP) is 3.95. The number of aliphatic imine (C=N–C) groups is 1. The molecule has 0 aromatic carbocycles. The van der Waals surface area contributed by atoms with Crippen molar-refractivity contribution < 1.29 is 4.42 Å². The van der Waals surface area contributed by atoms with Crippen LogP contribution in [0.4, 0.5) is 0 Å². The summed E-state index contributed by atoms with van der Waals surface area (Å²) in [5.74, 6) is 1.93. The highest BCUT2D eigenvalue weighted by Crippen LogP contribution is 2.17. The van der Waals surface area contributed by atoms with E-state index >= 15 is 0 Å². The number of rotatable bonds is 6. The zero-order valence-electron chi connectivity index (χ0n) is 13.5. The molecule has 0 spiro atoms. The Kier molecular flexibility index (Phi) is 6.15. The summed E-state index contributed by atoms with van der Waals surface area (Å²) in [6, 6.07) is 6.63. The SMILES string of the molecule is c1coc(CCNC(=NCc2ccsc2)NC2CCCCC2)c1. The van der Waals surface area contributed by atoms with E-state index < -0.39 is 0 Å². The van der Waals surface area contributed by atoms with Gasteiger partial charge >= 0.3 is 0 Å². The fourth-order valence-electron chi connectivity index (χ4n) is 2.90. The third kappa shape index (κ3) is 5.43. The average Bonchev–Trinajstić information content (AvgIpc) is 3.27. The molecule has 4 nitrogen and oxygen atoms in total. The summed E-state index contributed by atoms with van der Waals surface area (Å²) in [7, 11) is 0. The van der Waals surface area contributed by atoms with Crippen molar-refractivity contribution in [2.45, 2.75) is 51.1 Å². The highest BCUT2D eigenvalue weighted by atomic mass is 32.1. The largest absolute Gasteiger partial charge is 0.469 e. The van der Waals surface area contributed by atoms with Crippen LogP contribution in [0.2, 0.25) is 0 Å². The van der Waals surface area contributed by atoms with E-state index in [0.29, 0.717) is 6.04 Å². The Balaban J connectivity index is 1.54. The maximum atomic E-state index is 5.39. The van der Waals surface area contributed by atoms with Crippen LogP contribution >= 0.6 is 11.3 Å². The Hall–Kier alpha value is -1.75. The molecule has 2 N–H and O–H groups in total. The fourth-order valence-corrected chi connectivity index (χ4v) is 3.56. The molecule has 5 heteroatoms. The first-order chi connectivity index (χ1) is 11.4. The molecule has 0 bridgehead atoms. The van der Waals surface area contributed by atoms with Crippen LogP contribution in [0.1, 0.15) is 43.4 Å². The van der Waals surface area contributed by atoms with Gasteiger partial charge in [-0.25, -0.2) is 4.99 Å². The van der Waals surface area contributed by atoms with Crippen LogP contribution < -0.4 is 10.6 Å². The standard InChI is InChI=1S/C18H25N3OS/c1-2-5-16(6-3-1)21-18(20-13-15-9-12-23-14-15)19-10-8-17-7-4-11-22-17/h4,7,9,11-12,14,16H,1-3,5-6,8,10,13H2,(H2,19,20,21). The zero-order valence-corrected chi connectivity index (χ0v) is 14.3. The van der Waals surface area contributed by atoms with E-state index in [1.165, 1.54) is 37.7 Å². The van der Waals surface area contributed by atoms with Gasteiger partial charge in [0.25, 0.3) is 0 Å². The molecule has 2 aromatic rings. The molecule has 3 rings (SSSR count). The van der Waals surface area contributed by atoms with Gasteiger partial charge in [-0.1, -0.05) is 19.3 Å². The molecule has 1 aliphatic rings. The van der Waals surface area contributed by atoms with Crippen LogP contribution in [0.3, 0.4) is 0 Å². The zero-order chi connectivity index (χ0) is 15.7. The van der Waals surface area contributed by atoms with Gasteiger partial charge in [-0.15, -0.1) is 0 Å². The number of guanidine groups is 1. The maximum Gasteiger partial charge on any atom is 0.191 e. The first-order valence-corrected chi connectivity index (χ1v) is 9.43. The number of nitrogens with zero attached hydrogens (tertiary/aromatic N) is 1. The Morgan fingerprint density at radius 2 is 2.17 bits per heavy atom. The Morgan fingerprint density at radius 3 is 2.91 bits per heavy atom.